The summed E-state index contributed by atoms with van der Waals surface area (Å²) in [5.41, 5.74) is 19.9. The first-order valence-electron chi connectivity index (χ1n) is 43.3. The summed E-state index contributed by atoms with van der Waals surface area (Å²) in [6.07, 6.45) is 27.6. The molecule has 0 amide bonds. The lowest BCUT2D eigenvalue weighted by Crippen LogP contribution is -2.27. The summed E-state index contributed by atoms with van der Waals surface area (Å²) in [7, 11) is -2.65. The molecule has 21 heteroatoms. The molecule has 654 valence electrons. The number of thioether (sulfide) groups is 3. The number of benzene rings is 6. The van der Waals surface area contributed by atoms with E-state index in [1.807, 2.05) is 113 Å². The molecule has 0 saturated carbocycles. The Morgan fingerprint density at radius 2 is 0.442 bits per heavy atom. The van der Waals surface area contributed by atoms with Crippen molar-refractivity contribution in [1.82, 2.24) is 59.8 Å². The van der Waals surface area contributed by atoms with Gasteiger partial charge in [0.2, 0.25) is 11.6 Å². The molecule has 12 heterocycles. The molecule has 15 nitrogen and oxygen atoms in total. The second-order valence-electron chi connectivity index (χ2n) is 36.5. The Morgan fingerprint density at radius 1 is 0.240 bits per heavy atom. The first kappa shape index (κ1) is 95.2. The molecule has 0 spiro atoms. The molecule has 0 N–H and O–H groups in total. The zero-order valence-electron chi connectivity index (χ0n) is 76.8. The van der Waals surface area contributed by atoms with Crippen LogP contribution in [0, 0.1) is 113 Å². The van der Waals surface area contributed by atoms with E-state index in [-0.39, 0.29) is 32.5 Å². The lowest BCUT2D eigenvalue weighted by atomic mass is 9.81. The monoisotopic (exact) mass is 1810 g/mol. The third-order valence-electron chi connectivity index (χ3n) is 23.4. The van der Waals surface area contributed by atoms with E-state index in [0.717, 1.165) is 158 Å². The van der Waals surface area contributed by atoms with Gasteiger partial charge in [0.05, 0.1) is 54.7 Å². The molecule has 6 aliphatic rings. The number of fused-ring (bicyclic) bond motifs is 6. The number of rotatable bonds is 0. The highest BCUT2D eigenvalue weighted by Gasteiger charge is 2.35. The van der Waals surface area contributed by atoms with Gasteiger partial charge in [-0.05, 0) is 295 Å². The number of hydrogen-bond acceptors (Lipinski definition) is 18. The van der Waals surface area contributed by atoms with Crippen molar-refractivity contribution in [2.75, 3.05) is 34.5 Å². The third kappa shape index (κ3) is 25.8. The average Bonchev–Trinajstić information content (AvgIpc) is 0.822. The maximum absolute atomic E-state index is 12.2. The number of aromatic nitrogens is 12. The molecule has 3 unspecified atom stereocenters. The van der Waals surface area contributed by atoms with E-state index in [2.05, 4.69) is 287 Å². The maximum atomic E-state index is 12.2. The Hall–Kier alpha value is -11.3. The van der Waals surface area contributed by atoms with Crippen LogP contribution in [0.15, 0.2) is 213 Å². The van der Waals surface area contributed by atoms with E-state index in [4.69, 9.17) is 0 Å². The Morgan fingerprint density at radius 3 is 0.682 bits per heavy atom. The first-order valence-corrected chi connectivity index (χ1v) is 50.2. The van der Waals surface area contributed by atoms with Gasteiger partial charge in [0.15, 0.2) is 0 Å². The highest BCUT2D eigenvalue weighted by molar-refractivity contribution is 8.00. The molecular formula is C108H108N12O3S6. The van der Waals surface area contributed by atoms with E-state index in [9.17, 15) is 12.6 Å². The van der Waals surface area contributed by atoms with Crippen LogP contribution in [0.2, 0.25) is 0 Å². The lowest BCUT2D eigenvalue weighted by molar-refractivity contribution is 0.486. The minimum absolute atomic E-state index is 0.0429. The minimum atomic E-state index is -0.885. The molecule has 129 heavy (non-hydrogen) atoms. The average molecular weight is 1810 g/mol. The molecule has 0 aliphatic carbocycles. The highest BCUT2D eigenvalue weighted by Crippen LogP contribution is 2.46. The maximum Gasteiger partial charge on any atom is 0.205 e. The van der Waals surface area contributed by atoms with Crippen molar-refractivity contribution in [2.24, 2.45) is 0 Å². The molecule has 12 aromatic rings. The van der Waals surface area contributed by atoms with Crippen LogP contribution < -0.4 is 0 Å². The van der Waals surface area contributed by atoms with Crippen LogP contribution in [0.25, 0.3) is 0 Å². The van der Waals surface area contributed by atoms with Gasteiger partial charge in [-0.3, -0.25) is 12.6 Å². The number of aryl methyl sites for hydroxylation is 6. The van der Waals surface area contributed by atoms with E-state index in [1.54, 1.807) is 74.4 Å². The highest BCUT2D eigenvalue weighted by atomic mass is 32.2. The van der Waals surface area contributed by atoms with Crippen LogP contribution in [0.3, 0.4) is 0 Å². The fourth-order valence-corrected chi connectivity index (χ4v) is 24.4. The Balaban J connectivity index is 0.000000132. The first-order chi connectivity index (χ1) is 61.5. The van der Waals surface area contributed by atoms with Crippen molar-refractivity contribution < 1.29 is 12.6 Å². The van der Waals surface area contributed by atoms with Crippen molar-refractivity contribution in [3.8, 4) is 71.0 Å². The minimum Gasteiger partial charge on any atom is -0.254 e. The summed E-state index contributed by atoms with van der Waals surface area (Å²) in [6, 6.07) is 37.5. The van der Waals surface area contributed by atoms with Crippen LogP contribution in [0.1, 0.15) is 257 Å². The predicted octanol–water partition coefficient (Wildman–Crippen LogP) is 20.8. The standard InChI is InChI=1S/3C18H18N2OS.3C18H18N2S/c1-13-11-19-17(20-12-13)7-5-14-4-6-16-15(10-14)18(2,3)8-9-22(16)21;2*1-13-19-11-15(12-20-13)5-4-14-6-7-17-16(10-14)18(2,3)8-9-22(17)21;1-13-11-19-17(20-12-13)7-5-14-4-6-16-15(10-14)18(2,3)8-9-21-16;2*1-13-19-11-15(12-20-13)5-4-14-6-7-17-16(10-14)18(2,3)8-9-21-17/h4,6,10-12H,8-9H2,1-3H3;2*6-7,10-12H,8-9H2,1-3H3;4,6,10-12H,8-9H2,1-3H3;2*6-7,10-12H,8-9H2,1-3H3. The second-order valence-corrected chi connectivity index (χ2v) is 44.5. The Bertz CT molecular complexity index is 6000. The lowest BCUT2D eigenvalue weighted by Gasteiger charge is -2.32. The topological polar surface area (TPSA) is 206 Å². The van der Waals surface area contributed by atoms with Crippen molar-refractivity contribution in [1.29, 1.82) is 0 Å². The summed E-state index contributed by atoms with van der Waals surface area (Å²) in [4.78, 5) is 57.1. The molecule has 0 bridgehead atoms. The molecule has 0 radical (unpaired) electrons. The number of hydrogen-bond donors (Lipinski definition) is 0. The molecule has 0 saturated heterocycles. The number of nitrogens with zero attached hydrogens (tertiary/aromatic N) is 12. The van der Waals surface area contributed by atoms with Gasteiger partial charge in [-0.2, -0.15) is 0 Å². The molecule has 6 aromatic heterocycles. The summed E-state index contributed by atoms with van der Waals surface area (Å²) in [5, 5.41) is 0. The smallest absolute Gasteiger partial charge is 0.205 e. The van der Waals surface area contributed by atoms with Gasteiger partial charge in [0, 0.05) is 154 Å². The molecular weight excluding hydrogens is 1710 g/mol. The van der Waals surface area contributed by atoms with Crippen LogP contribution in [-0.4, -0.2) is 107 Å². The second kappa shape index (κ2) is 42.0. The normalized spacial score (nSPS) is 17.4. The van der Waals surface area contributed by atoms with Gasteiger partial charge < -0.3 is 0 Å². The van der Waals surface area contributed by atoms with E-state index >= 15 is 0 Å². The van der Waals surface area contributed by atoms with Gasteiger partial charge in [-0.25, -0.2) is 59.8 Å². The van der Waals surface area contributed by atoms with Crippen LogP contribution in [-0.2, 0) is 64.9 Å². The van der Waals surface area contributed by atoms with Gasteiger partial charge in [-0.1, -0.05) is 142 Å². The van der Waals surface area contributed by atoms with Gasteiger partial charge in [0.1, 0.15) is 23.3 Å². The van der Waals surface area contributed by atoms with Crippen molar-refractivity contribution in [3.05, 3.63) is 319 Å². The van der Waals surface area contributed by atoms with E-state index < -0.39 is 32.4 Å². The SMILES string of the molecule is Cc1cnc(C#Cc2ccc3c(c2)C(C)(C)CCS3)nc1.Cc1cnc(C#Cc2ccc3c(c2)C(C)(C)CCS3=O)nc1.Cc1ncc(C#Cc2ccc3c(c2)C(C)(C)CCS3)cn1.Cc1ncc(C#Cc2ccc3c(c2)C(C)(C)CCS3)cn1.Cc1ncc(C#Cc2ccc3c(c2)C(C)(C)CCS3=O)cn1.Cc1ncc(C#Cc2ccc3c(c2)C(C)(C)CCS3=O)cn1. The summed E-state index contributed by atoms with van der Waals surface area (Å²) in [5.74, 6) is 47.5. The Labute approximate surface area is 783 Å². The van der Waals surface area contributed by atoms with E-state index in [1.165, 1.54) is 67.9 Å². The van der Waals surface area contributed by atoms with Crippen molar-refractivity contribution in [3.63, 3.8) is 0 Å². The fourth-order valence-electron chi connectivity index (χ4n) is 14.8. The molecule has 0 fully saturated rings. The van der Waals surface area contributed by atoms with Gasteiger partial charge in [0.25, 0.3) is 0 Å². The molecule has 6 aliphatic heterocycles. The predicted molar refractivity (Wildman–Crippen MR) is 527 cm³/mol. The summed E-state index contributed by atoms with van der Waals surface area (Å²) in [6.45, 7) is 38.5. The molecule has 6 aromatic carbocycles. The van der Waals surface area contributed by atoms with Gasteiger partial charge in [-0.15, -0.1) is 35.3 Å². The quantitative estimate of drug-likeness (QED) is 0.129. The zero-order chi connectivity index (χ0) is 91.8. The molecule has 3 atom stereocenters. The molecule has 18 rings (SSSR count). The zero-order valence-corrected chi connectivity index (χ0v) is 81.7. The largest absolute Gasteiger partial charge is 0.254 e. The van der Waals surface area contributed by atoms with Crippen LogP contribution in [0.5, 0.6) is 0 Å². The summed E-state index contributed by atoms with van der Waals surface area (Å²) < 4.78 is 36.5. The van der Waals surface area contributed by atoms with Crippen molar-refractivity contribution >= 4 is 67.7 Å². The summed E-state index contributed by atoms with van der Waals surface area (Å²) >= 11 is 5.84. The Kier molecular flexibility index (Phi) is 31.0. The van der Waals surface area contributed by atoms with Crippen molar-refractivity contribution in [2.45, 2.75) is 225 Å². The van der Waals surface area contributed by atoms with E-state index in [0.29, 0.717) is 11.6 Å². The van der Waals surface area contributed by atoms with Gasteiger partial charge >= 0.3 is 0 Å². The third-order valence-corrected chi connectivity index (χ3v) is 30.9. The van der Waals surface area contributed by atoms with Crippen LogP contribution >= 0.6 is 35.3 Å². The fraction of sp³-hybridized carbons (Fsp3) is 0.333. The van der Waals surface area contributed by atoms with Crippen LogP contribution in [0.4, 0.5) is 0 Å².